The lowest BCUT2D eigenvalue weighted by Crippen LogP contribution is -2.02. The van der Waals surface area contributed by atoms with Gasteiger partial charge in [-0.2, -0.15) is 0 Å². The van der Waals surface area contributed by atoms with Gasteiger partial charge in [-0.05, 0) is 77.5 Å². The Balaban J connectivity index is 1.12. The number of thiophene rings is 1. The third-order valence-electron chi connectivity index (χ3n) is 13.4. The standard InChI is InChI=1S/C56H31N5S/c1-2-15-34(16-3-1)59-42-22-10-6-18-36(42)40-30-33(27-28-45(40)59)54-57-55(51-39-21-9-13-25-48(39)62-56(51)58-54)61-46-29-26-32-14-4-5-17-35(32)49(46)52-47(61)31-41-37-19-7-11-23-43(37)60-44-24-12-8-20-38(44)50(52)53(41)60/h1-31H. The molecule has 0 atom stereocenters. The molecule has 0 unspecified atom stereocenters. The van der Waals surface area contributed by atoms with Crippen LogP contribution in [-0.2, 0) is 0 Å². The van der Waals surface area contributed by atoms with E-state index in [1.165, 1.54) is 86.0 Å². The van der Waals surface area contributed by atoms with E-state index < -0.39 is 0 Å². The molecule has 0 spiro atoms. The van der Waals surface area contributed by atoms with Crippen LogP contribution in [0, 0.1) is 0 Å². The smallest absolute Gasteiger partial charge is 0.163 e. The summed E-state index contributed by atoms with van der Waals surface area (Å²) >= 11 is 1.74. The van der Waals surface area contributed by atoms with Crippen molar-refractivity contribution in [1.29, 1.82) is 0 Å². The van der Waals surface area contributed by atoms with Crippen LogP contribution in [0.25, 0.3) is 136 Å². The lowest BCUT2D eigenvalue weighted by atomic mass is 9.99. The Morgan fingerprint density at radius 1 is 0.371 bits per heavy atom. The minimum absolute atomic E-state index is 0.709. The molecule has 0 aliphatic rings. The van der Waals surface area contributed by atoms with Crippen molar-refractivity contribution in [3.63, 3.8) is 0 Å². The topological polar surface area (TPSA) is 40.0 Å². The van der Waals surface area contributed by atoms with Gasteiger partial charge < -0.3 is 8.97 Å². The van der Waals surface area contributed by atoms with Crippen molar-refractivity contribution in [1.82, 2.24) is 23.5 Å². The maximum Gasteiger partial charge on any atom is 0.163 e. The summed E-state index contributed by atoms with van der Waals surface area (Å²) in [5.74, 6) is 1.60. The molecule has 62 heavy (non-hydrogen) atoms. The van der Waals surface area contributed by atoms with Gasteiger partial charge in [0.25, 0.3) is 0 Å². The van der Waals surface area contributed by atoms with Crippen molar-refractivity contribution in [2.45, 2.75) is 0 Å². The van der Waals surface area contributed by atoms with Gasteiger partial charge in [-0.15, -0.1) is 11.3 Å². The van der Waals surface area contributed by atoms with E-state index >= 15 is 0 Å². The first-order valence-corrected chi connectivity index (χ1v) is 21.9. The van der Waals surface area contributed by atoms with Gasteiger partial charge in [0.05, 0.1) is 44.0 Å². The third kappa shape index (κ3) is 4.12. The van der Waals surface area contributed by atoms with E-state index in [9.17, 15) is 0 Å². The molecule has 0 amide bonds. The molecule has 0 bridgehead atoms. The molecule has 15 rings (SSSR count). The minimum Gasteiger partial charge on any atom is -0.309 e. The molecule has 6 aromatic heterocycles. The molecule has 0 aliphatic carbocycles. The Kier molecular flexibility index (Phi) is 6.24. The number of hydrogen-bond donors (Lipinski definition) is 0. The number of para-hydroxylation sites is 4. The lowest BCUT2D eigenvalue weighted by molar-refractivity contribution is 1.08. The monoisotopic (exact) mass is 805 g/mol. The van der Waals surface area contributed by atoms with Gasteiger partial charge in [-0.25, -0.2) is 9.97 Å². The number of hydrogen-bond acceptors (Lipinski definition) is 3. The zero-order chi connectivity index (χ0) is 40.2. The average Bonchev–Trinajstić information content (AvgIpc) is 4.13. The van der Waals surface area contributed by atoms with Gasteiger partial charge in [0.15, 0.2) is 11.6 Å². The first kappa shape index (κ1) is 32.8. The summed E-state index contributed by atoms with van der Waals surface area (Å²) in [4.78, 5) is 12.2. The quantitative estimate of drug-likeness (QED) is 0.178. The Morgan fingerprint density at radius 2 is 1.02 bits per heavy atom. The van der Waals surface area contributed by atoms with Crippen LogP contribution in [0.3, 0.4) is 0 Å². The van der Waals surface area contributed by atoms with Crippen molar-refractivity contribution in [3.05, 3.63) is 188 Å². The first-order chi connectivity index (χ1) is 30.8. The molecule has 0 saturated heterocycles. The van der Waals surface area contributed by atoms with Gasteiger partial charge in [-0.1, -0.05) is 121 Å². The second-order valence-electron chi connectivity index (χ2n) is 16.5. The predicted octanol–water partition coefficient (Wildman–Crippen LogP) is 15.0. The molecule has 0 N–H and O–H groups in total. The highest BCUT2D eigenvalue weighted by Gasteiger charge is 2.27. The summed E-state index contributed by atoms with van der Waals surface area (Å²) in [5.41, 5.74) is 10.4. The SMILES string of the molecule is c1ccc(-n2c3ccccc3c3cc(-c4nc(-n5c6ccc7ccccc7c6c6c7c8ccccc8n8c9ccccc9c(cc65)c78)c5c(n4)sc4ccccc45)ccc32)cc1. The fourth-order valence-corrected chi connectivity index (χ4v) is 11.9. The summed E-state index contributed by atoms with van der Waals surface area (Å²) < 4.78 is 8.51. The Labute approximate surface area is 356 Å². The summed E-state index contributed by atoms with van der Waals surface area (Å²) in [5, 5.41) is 14.6. The maximum absolute atomic E-state index is 5.76. The fraction of sp³-hybridized carbons (Fsp3) is 0. The molecule has 15 aromatic rings. The number of rotatable bonds is 3. The van der Waals surface area contributed by atoms with Crippen molar-refractivity contribution in [2.24, 2.45) is 0 Å². The maximum atomic E-state index is 5.76. The first-order valence-electron chi connectivity index (χ1n) is 21.1. The van der Waals surface area contributed by atoms with Crippen LogP contribution in [0.5, 0.6) is 0 Å². The molecule has 0 saturated carbocycles. The van der Waals surface area contributed by atoms with Crippen LogP contribution in [0.15, 0.2) is 188 Å². The van der Waals surface area contributed by atoms with E-state index in [0.29, 0.717) is 5.82 Å². The van der Waals surface area contributed by atoms with Gasteiger partial charge in [0.2, 0.25) is 0 Å². The van der Waals surface area contributed by atoms with E-state index in [1.54, 1.807) is 11.3 Å². The summed E-state index contributed by atoms with van der Waals surface area (Å²) in [6.45, 7) is 0. The van der Waals surface area contributed by atoms with Crippen LogP contribution in [0.2, 0.25) is 0 Å². The molecule has 6 heteroatoms. The number of nitrogens with zero attached hydrogens (tertiary/aromatic N) is 5. The highest BCUT2D eigenvalue weighted by molar-refractivity contribution is 7.25. The molecule has 286 valence electrons. The van der Waals surface area contributed by atoms with Crippen molar-refractivity contribution in [2.75, 3.05) is 0 Å². The van der Waals surface area contributed by atoms with E-state index in [1.807, 2.05) is 0 Å². The van der Waals surface area contributed by atoms with Crippen molar-refractivity contribution >= 4 is 124 Å². The zero-order valence-corrected chi connectivity index (χ0v) is 33.9. The van der Waals surface area contributed by atoms with E-state index in [2.05, 4.69) is 202 Å². The van der Waals surface area contributed by atoms with E-state index in [4.69, 9.17) is 9.97 Å². The van der Waals surface area contributed by atoms with E-state index in [-0.39, 0.29) is 0 Å². The summed E-state index contributed by atoms with van der Waals surface area (Å²) in [7, 11) is 0. The molecule has 6 heterocycles. The Hall–Kier alpha value is -8.06. The number of fused-ring (bicyclic) bond motifs is 18. The van der Waals surface area contributed by atoms with Crippen LogP contribution in [-0.4, -0.2) is 23.5 Å². The summed E-state index contributed by atoms with van der Waals surface area (Å²) in [6.07, 6.45) is 0. The predicted molar refractivity (Wildman–Crippen MR) is 261 cm³/mol. The van der Waals surface area contributed by atoms with Crippen molar-refractivity contribution < 1.29 is 0 Å². The average molecular weight is 806 g/mol. The van der Waals surface area contributed by atoms with Gasteiger partial charge in [0, 0.05) is 64.4 Å². The van der Waals surface area contributed by atoms with Gasteiger partial charge in [0.1, 0.15) is 4.83 Å². The molecule has 0 radical (unpaired) electrons. The second-order valence-corrected chi connectivity index (χ2v) is 17.5. The Bertz CT molecular complexity index is 4390. The largest absolute Gasteiger partial charge is 0.309 e. The lowest BCUT2D eigenvalue weighted by Gasteiger charge is -2.12. The van der Waals surface area contributed by atoms with Crippen LogP contribution >= 0.6 is 11.3 Å². The molecule has 0 fully saturated rings. The third-order valence-corrected chi connectivity index (χ3v) is 14.4. The van der Waals surface area contributed by atoms with Crippen LogP contribution in [0.4, 0.5) is 0 Å². The Morgan fingerprint density at radius 3 is 1.85 bits per heavy atom. The second kappa shape index (κ2) is 11.8. The number of benzene rings is 9. The van der Waals surface area contributed by atoms with Crippen molar-refractivity contribution in [3.8, 4) is 22.9 Å². The van der Waals surface area contributed by atoms with Crippen LogP contribution < -0.4 is 0 Å². The van der Waals surface area contributed by atoms with Gasteiger partial charge in [-0.3, -0.25) is 4.57 Å². The molecule has 5 nitrogen and oxygen atoms in total. The molecular formula is C56H31N5S. The molecule has 0 aliphatic heterocycles. The highest BCUT2D eigenvalue weighted by Crippen LogP contribution is 2.49. The highest BCUT2D eigenvalue weighted by atomic mass is 32.1. The minimum atomic E-state index is 0.709. The van der Waals surface area contributed by atoms with Crippen LogP contribution in [0.1, 0.15) is 0 Å². The zero-order valence-electron chi connectivity index (χ0n) is 33.0. The number of aromatic nitrogens is 5. The molecule has 9 aromatic carbocycles. The fourth-order valence-electron chi connectivity index (χ4n) is 10.9. The van der Waals surface area contributed by atoms with Gasteiger partial charge >= 0.3 is 0 Å². The normalized spacial score (nSPS) is 12.5. The summed E-state index contributed by atoms with van der Waals surface area (Å²) in [6, 6.07) is 68.4. The van der Waals surface area contributed by atoms with E-state index in [0.717, 1.165) is 43.8 Å². The molecular weight excluding hydrogens is 775 g/mol.